The van der Waals surface area contributed by atoms with Crippen molar-refractivity contribution in [1.82, 2.24) is 14.9 Å². The van der Waals surface area contributed by atoms with Gasteiger partial charge in [0.2, 0.25) is 5.95 Å². The predicted molar refractivity (Wildman–Crippen MR) is 85.9 cm³/mol. The van der Waals surface area contributed by atoms with Gasteiger partial charge in [0.1, 0.15) is 0 Å². The first-order valence-electron chi connectivity index (χ1n) is 8.07. The molecule has 0 saturated carbocycles. The summed E-state index contributed by atoms with van der Waals surface area (Å²) < 4.78 is 5.39. The van der Waals surface area contributed by atoms with Crippen molar-refractivity contribution < 1.29 is 4.74 Å². The number of aromatic nitrogens is 2. The van der Waals surface area contributed by atoms with Crippen molar-refractivity contribution in [3.05, 3.63) is 18.0 Å². The van der Waals surface area contributed by atoms with Gasteiger partial charge in [0.15, 0.2) is 0 Å². The molecule has 1 aromatic heterocycles. The van der Waals surface area contributed by atoms with E-state index in [9.17, 15) is 0 Å². The number of hydrogen-bond acceptors (Lipinski definition) is 5. The van der Waals surface area contributed by atoms with Crippen molar-refractivity contribution in [2.24, 2.45) is 0 Å². The van der Waals surface area contributed by atoms with Gasteiger partial charge in [-0.2, -0.15) is 0 Å². The zero-order valence-corrected chi connectivity index (χ0v) is 13.6. The monoisotopic (exact) mass is 292 g/mol. The summed E-state index contributed by atoms with van der Waals surface area (Å²) in [5, 5.41) is 0. The highest BCUT2D eigenvalue weighted by molar-refractivity contribution is 5.31. The maximum atomic E-state index is 5.39. The average molecular weight is 292 g/mol. The largest absolute Gasteiger partial charge is 0.382 e. The molecule has 1 aromatic rings. The lowest BCUT2D eigenvalue weighted by atomic mass is 10.1. The molecule has 118 valence electrons. The summed E-state index contributed by atoms with van der Waals surface area (Å²) in [5.74, 6) is 1.36. The Hall–Kier alpha value is -1.20. The molecule has 5 heteroatoms. The van der Waals surface area contributed by atoms with E-state index in [4.69, 9.17) is 4.74 Å². The zero-order valence-electron chi connectivity index (χ0n) is 13.6. The second-order valence-electron chi connectivity index (χ2n) is 5.85. The van der Waals surface area contributed by atoms with Gasteiger partial charge in [-0.15, -0.1) is 0 Å². The first-order valence-corrected chi connectivity index (χ1v) is 8.07. The minimum Gasteiger partial charge on any atom is -0.382 e. The molecule has 0 bridgehead atoms. The Labute approximate surface area is 128 Å². The lowest BCUT2D eigenvalue weighted by Gasteiger charge is -2.34. The maximum absolute atomic E-state index is 5.39. The van der Waals surface area contributed by atoms with Gasteiger partial charge < -0.3 is 9.64 Å². The molecule has 0 aromatic carbocycles. The highest BCUT2D eigenvalue weighted by Crippen LogP contribution is 2.15. The van der Waals surface area contributed by atoms with Crippen molar-refractivity contribution in [2.45, 2.75) is 33.1 Å². The van der Waals surface area contributed by atoms with E-state index < -0.39 is 0 Å². The number of hydrogen-bond donors (Lipinski definition) is 0. The van der Waals surface area contributed by atoms with Gasteiger partial charge >= 0.3 is 0 Å². The molecule has 0 amide bonds. The Morgan fingerprint density at radius 3 is 2.38 bits per heavy atom. The third-order valence-electron chi connectivity index (χ3n) is 3.95. The van der Waals surface area contributed by atoms with Crippen LogP contribution in [0.25, 0.3) is 0 Å². The molecule has 0 N–H and O–H groups in total. The van der Waals surface area contributed by atoms with E-state index in [1.54, 1.807) is 0 Å². The van der Waals surface area contributed by atoms with Crippen molar-refractivity contribution in [1.29, 1.82) is 0 Å². The minimum atomic E-state index is 0.487. The molecule has 1 aliphatic heterocycles. The van der Waals surface area contributed by atoms with Crippen molar-refractivity contribution in [3.63, 3.8) is 0 Å². The van der Waals surface area contributed by atoms with Crippen LogP contribution in [0.3, 0.4) is 0 Å². The first-order chi connectivity index (χ1) is 10.2. The van der Waals surface area contributed by atoms with Crippen LogP contribution in [0.5, 0.6) is 0 Å². The summed E-state index contributed by atoms with van der Waals surface area (Å²) in [7, 11) is 0. The van der Waals surface area contributed by atoms with Crippen molar-refractivity contribution in [2.75, 3.05) is 50.8 Å². The predicted octanol–water partition coefficient (Wildman–Crippen LogP) is 2.15. The van der Waals surface area contributed by atoms with Gasteiger partial charge in [-0.25, -0.2) is 9.97 Å². The van der Waals surface area contributed by atoms with E-state index in [-0.39, 0.29) is 0 Å². The van der Waals surface area contributed by atoms with Crippen LogP contribution in [0, 0.1) is 0 Å². The molecule has 0 spiro atoms. The van der Waals surface area contributed by atoms with Gasteiger partial charge in [-0.1, -0.05) is 13.8 Å². The summed E-state index contributed by atoms with van der Waals surface area (Å²) in [6.07, 6.45) is 5.04. The fraction of sp³-hybridized carbons (Fsp3) is 0.750. The van der Waals surface area contributed by atoms with Gasteiger partial charge in [0.05, 0.1) is 0 Å². The fourth-order valence-electron chi connectivity index (χ4n) is 2.50. The highest BCUT2D eigenvalue weighted by Gasteiger charge is 2.18. The van der Waals surface area contributed by atoms with E-state index in [0.717, 1.165) is 58.3 Å². The molecule has 0 radical (unpaired) electrons. The Balaban J connectivity index is 1.75. The summed E-state index contributed by atoms with van der Waals surface area (Å²) in [6.45, 7) is 13.4. The Morgan fingerprint density at radius 2 is 1.81 bits per heavy atom. The van der Waals surface area contributed by atoms with Crippen molar-refractivity contribution >= 4 is 5.95 Å². The number of rotatable bonds is 7. The number of ether oxygens (including phenoxy) is 1. The highest BCUT2D eigenvalue weighted by atomic mass is 16.5. The van der Waals surface area contributed by atoms with Crippen LogP contribution in [0.4, 0.5) is 5.95 Å². The molecule has 0 unspecified atom stereocenters. The fourth-order valence-corrected chi connectivity index (χ4v) is 2.50. The van der Waals surface area contributed by atoms with E-state index in [1.807, 2.05) is 19.3 Å². The summed E-state index contributed by atoms with van der Waals surface area (Å²) >= 11 is 0. The Bertz CT molecular complexity index is 399. The molecule has 1 aliphatic rings. The van der Waals surface area contributed by atoms with Crippen molar-refractivity contribution in [3.8, 4) is 0 Å². The third-order valence-corrected chi connectivity index (χ3v) is 3.95. The topological polar surface area (TPSA) is 41.5 Å². The number of piperazine rings is 1. The number of nitrogens with zero attached hydrogens (tertiary/aromatic N) is 4. The van der Waals surface area contributed by atoms with Gasteiger partial charge in [-0.05, 0) is 24.8 Å². The zero-order chi connectivity index (χ0) is 15.1. The minimum absolute atomic E-state index is 0.487. The molecule has 2 rings (SSSR count). The van der Waals surface area contributed by atoms with E-state index >= 15 is 0 Å². The molecule has 0 atom stereocenters. The molecule has 21 heavy (non-hydrogen) atoms. The molecule has 1 saturated heterocycles. The molecule has 0 aliphatic carbocycles. The van der Waals surface area contributed by atoms with Gasteiger partial charge in [0.25, 0.3) is 0 Å². The second kappa shape index (κ2) is 8.29. The molecular weight excluding hydrogens is 264 g/mol. The van der Waals surface area contributed by atoms with E-state index in [0.29, 0.717) is 5.92 Å². The standard InChI is InChI=1S/C16H28N4O/c1-4-21-11-5-6-19-7-9-20(10-8-19)16-17-12-15(13-18-16)14(2)3/h12-14H,4-11H2,1-3H3. The van der Waals surface area contributed by atoms with Crippen LogP contribution in [0.2, 0.25) is 0 Å². The van der Waals surface area contributed by atoms with Crippen LogP contribution >= 0.6 is 0 Å². The molecule has 2 heterocycles. The van der Waals surface area contributed by atoms with Gasteiger partial charge in [-0.3, -0.25) is 4.90 Å². The normalized spacial score (nSPS) is 16.7. The second-order valence-corrected chi connectivity index (χ2v) is 5.85. The summed E-state index contributed by atoms with van der Waals surface area (Å²) in [6, 6.07) is 0. The summed E-state index contributed by atoms with van der Waals surface area (Å²) in [4.78, 5) is 13.8. The number of anilines is 1. The van der Waals surface area contributed by atoms with Crippen LogP contribution in [0.15, 0.2) is 12.4 Å². The molecule has 5 nitrogen and oxygen atoms in total. The van der Waals surface area contributed by atoms with Crippen LogP contribution in [0.1, 0.15) is 38.7 Å². The first kappa shape index (κ1) is 16.2. The maximum Gasteiger partial charge on any atom is 0.225 e. The average Bonchev–Trinajstić information content (AvgIpc) is 2.52. The molecular formula is C16H28N4O. The summed E-state index contributed by atoms with van der Waals surface area (Å²) in [5.41, 5.74) is 1.20. The smallest absolute Gasteiger partial charge is 0.225 e. The molecule has 1 fully saturated rings. The Morgan fingerprint density at radius 1 is 1.14 bits per heavy atom. The lowest BCUT2D eigenvalue weighted by molar-refractivity contribution is 0.130. The van der Waals surface area contributed by atoms with E-state index in [2.05, 4.69) is 33.6 Å². The van der Waals surface area contributed by atoms with E-state index in [1.165, 1.54) is 5.56 Å². The SMILES string of the molecule is CCOCCCN1CCN(c2ncc(C(C)C)cn2)CC1. The van der Waals surface area contributed by atoms with Crippen LogP contribution < -0.4 is 4.90 Å². The van der Waals surface area contributed by atoms with Crippen LogP contribution in [-0.2, 0) is 4.74 Å². The lowest BCUT2D eigenvalue weighted by Crippen LogP contribution is -2.47. The van der Waals surface area contributed by atoms with Crippen LogP contribution in [-0.4, -0.2) is 60.8 Å². The quantitative estimate of drug-likeness (QED) is 0.720. The van der Waals surface area contributed by atoms with Gasteiger partial charge in [0, 0.05) is 58.3 Å². The Kier molecular flexibility index (Phi) is 6.39. The third kappa shape index (κ3) is 4.93.